The fraction of sp³-hybridized carbons (Fsp3) is 0.440. The summed E-state index contributed by atoms with van der Waals surface area (Å²) in [5, 5.41) is 3.25. The van der Waals surface area contributed by atoms with Crippen molar-refractivity contribution in [1.29, 1.82) is 0 Å². The lowest BCUT2D eigenvalue weighted by molar-refractivity contribution is -0.136. The van der Waals surface area contributed by atoms with E-state index in [0.29, 0.717) is 19.6 Å². The van der Waals surface area contributed by atoms with Crippen molar-refractivity contribution in [3.05, 3.63) is 65.7 Å². The van der Waals surface area contributed by atoms with Gasteiger partial charge >= 0.3 is 0 Å². The summed E-state index contributed by atoms with van der Waals surface area (Å²) in [5.41, 5.74) is 2.74. The maximum absolute atomic E-state index is 12.9. The molecular formula is C25H30N2O3. The van der Waals surface area contributed by atoms with Crippen molar-refractivity contribution in [3.8, 4) is 5.75 Å². The van der Waals surface area contributed by atoms with Crippen LogP contribution in [-0.4, -0.2) is 42.5 Å². The average Bonchev–Trinajstić information content (AvgIpc) is 2.79. The smallest absolute Gasteiger partial charge is 0.226 e. The van der Waals surface area contributed by atoms with Gasteiger partial charge in [-0.15, -0.1) is 0 Å². The molecule has 1 fully saturated rings. The first kappa shape index (κ1) is 20.5. The summed E-state index contributed by atoms with van der Waals surface area (Å²) in [5.74, 6) is 0.817. The Labute approximate surface area is 178 Å². The topological polar surface area (TPSA) is 58.6 Å². The highest BCUT2D eigenvalue weighted by Gasteiger charge is 2.30. The molecule has 2 aromatic carbocycles. The molecule has 2 aromatic rings. The maximum atomic E-state index is 12.9. The van der Waals surface area contributed by atoms with Gasteiger partial charge in [0, 0.05) is 19.1 Å². The lowest BCUT2D eigenvalue weighted by Crippen LogP contribution is -2.48. The van der Waals surface area contributed by atoms with Crippen LogP contribution in [0.15, 0.2) is 54.6 Å². The van der Waals surface area contributed by atoms with Gasteiger partial charge in [-0.1, -0.05) is 42.5 Å². The van der Waals surface area contributed by atoms with Gasteiger partial charge in [0.2, 0.25) is 11.8 Å². The van der Waals surface area contributed by atoms with Crippen LogP contribution in [0.4, 0.5) is 0 Å². The van der Waals surface area contributed by atoms with Crippen LogP contribution in [0, 0.1) is 5.92 Å². The number of rotatable bonds is 6. The van der Waals surface area contributed by atoms with E-state index >= 15 is 0 Å². The molecule has 0 radical (unpaired) electrons. The Hall–Kier alpha value is -2.82. The molecule has 0 aromatic heterocycles. The zero-order valence-electron chi connectivity index (χ0n) is 17.4. The molecule has 0 saturated carbocycles. The van der Waals surface area contributed by atoms with Crippen LogP contribution in [0.25, 0.3) is 0 Å². The molecule has 1 heterocycles. The summed E-state index contributed by atoms with van der Waals surface area (Å²) < 4.78 is 5.64. The van der Waals surface area contributed by atoms with Crippen molar-refractivity contribution in [2.24, 2.45) is 5.92 Å². The Morgan fingerprint density at radius 2 is 1.77 bits per heavy atom. The molecule has 1 saturated heterocycles. The van der Waals surface area contributed by atoms with E-state index in [1.54, 1.807) is 0 Å². The second-order valence-electron chi connectivity index (χ2n) is 8.31. The van der Waals surface area contributed by atoms with Gasteiger partial charge in [-0.05, 0) is 55.4 Å². The van der Waals surface area contributed by atoms with Gasteiger partial charge in [0.15, 0.2) is 0 Å². The minimum absolute atomic E-state index is 0.0648. The molecule has 2 amide bonds. The van der Waals surface area contributed by atoms with Crippen molar-refractivity contribution in [1.82, 2.24) is 10.2 Å². The summed E-state index contributed by atoms with van der Waals surface area (Å²) >= 11 is 0. The number of carbonyl (C=O) groups excluding carboxylic acids is 2. The molecule has 2 aliphatic rings. The van der Waals surface area contributed by atoms with Crippen LogP contribution < -0.4 is 10.1 Å². The molecule has 2 unspecified atom stereocenters. The highest BCUT2D eigenvalue weighted by molar-refractivity contribution is 5.81. The van der Waals surface area contributed by atoms with Crippen molar-refractivity contribution < 1.29 is 14.3 Å². The van der Waals surface area contributed by atoms with Crippen LogP contribution in [0.2, 0.25) is 0 Å². The quantitative estimate of drug-likeness (QED) is 0.800. The van der Waals surface area contributed by atoms with E-state index < -0.39 is 0 Å². The van der Waals surface area contributed by atoms with E-state index in [1.165, 1.54) is 11.1 Å². The van der Waals surface area contributed by atoms with Gasteiger partial charge in [0.25, 0.3) is 0 Å². The molecule has 158 valence electrons. The Bertz CT molecular complexity index is 868. The van der Waals surface area contributed by atoms with Gasteiger partial charge in [0.05, 0.1) is 18.9 Å². The first-order chi connectivity index (χ1) is 14.7. The van der Waals surface area contributed by atoms with E-state index in [4.69, 9.17) is 4.74 Å². The van der Waals surface area contributed by atoms with E-state index in [1.807, 2.05) is 35.2 Å². The summed E-state index contributed by atoms with van der Waals surface area (Å²) in [6.45, 7) is 1.60. The number of aryl methyl sites for hydroxylation is 1. The number of piperidine rings is 1. The molecule has 5 nitrogen and oxygen atoms in total. The molecule has 0 bridgehead atoms. The molecule has 0 spiro atoms. The monoisotopic (exact) mass is 406 g/mol. The number of fused-ring (bicyclic) bond motifs is 1. The van der Waals surface area contributed by atoms with Crippen molar-refractivity contribution in [3.63, 3.8) is 0 Å². The number of nitrogens with zero attached hydrogens (tertiary/aromatic N) is 1. The minimum atomic E-state index is -0.116. The number of ether oxygens (including phenoxy) is 1. The van der Waals surface area contributed by atoms with Gasteiger partial charge in [-0.25, -0.2) is 0 Å². The van der Waals surface area contributed by atoms with Crippen LogP contribution in [-0.2, 0) is 22.4 Å². The van der Waals surface area contributed by atoms with E-state index in [0.717, 1.165) is 44.4 Å². The Kier molecular flexibility index (Phi) is 6.67. The van der Waals surface area contributed by atoms with Crippen LogP contribution in [0.5, 0.6) is 5.75 Å². The SMILES string of the molecule is O=C(NC1CCc2ccccc2C1)C1CCCN(C(=O)CCOc2ccccc2)C1. The molecule has 30 heavy (non-hydrogen) atoms. The molecule has 5 heteroatoms. The predicted molar refractivity (Wildman–Crippen MR) is 116 cm³/mol. The number of likely N-dealkylation sites (tertiary alicyclic amines) is 1. The third kappa shape index (κ3) is 5.21. The van der Waals surface area contributed by atoms with E-state index in [-0.39, 0.29) is 23.8 Å². The largest absolute Gasteiger partial charge is 0.493 e. The van der Waals surface area contributed by atoms with Crippen LogP contribution in [0.1, 0.15) is 36.8 Å². The molecule has 4 rings (SSSR count). The van der Waals surface area contributed by atoms with Gasteiger partial charge in [0.1, 0.15) is 5.75 Å². The Balaban J connectivity index is 1.24. The summed E-state index contributed by atoms with van der Waals surface area (Å²) in [6, 6.07) is 18.2. The summed E-state index contributed by atoms with van der Waals surface area (Å²) in [6.07, 6.45) is 4.94. The number of hydrogen-bond acceptors (Lipinski definition) is 3. The third-order valence-electron chi connectivity index (χ3n) is 6.17. The van der Waals surface area contributed by atoms with Gasteiger partial charge in [-0.2, -0.15) is 0 Å². The number of nitrogens with one attached hydrogen (secondary N) is 1. The first-order valence-corrected chi connectivity index (χ1v) is 11.0. The second kappa shape index (κ2) is 9.79. The van der Waals surface area contributed by atoms with E-state index in [2.05, 4.69) is 29.6 Å². The standard InChI is InChI=1S/C25H30N2O3/c28-24(14-16-30-23-10-2-1-3-11-23)27-15-6-9-21(18-27)25(29)26-22-13-12-19-7-4-5-8-20(19)17-22/h1-5,7-8,10-11,21-22H,6,9,12-18H2,(H,26,29). The summed E-state index contributed by atoms with van der Waals surface area (Å²) in [7, 11) is 0. The molecule has 1 aliphatic carbocycles. The molecule has 1 aliphatic heterocycles. The average molecular weight is 407 g/mol. The Morgan fingerprint density at radius 1 is 1.00 bits per heavy atom. The molecule has 1 N–H and O–H groups in total. The van der Waals surface area contributed by atoms with Gasteiger partial charge < -0.3 is 15.0 Å². The second-order valence-corrected chi connectivity index (χ2v) is 8.31. The fourth-order valence-corrected chi connectivity index (χ4v) is 4.49. The van der Waals surface area contributed by atoms with Crippen molar-refractivity contribution >= 4 is 11.8 Å². The molecule has 2 atom stereocenters. The number of para-hydroxylation sites is 1. The lowest BCUT2D eigenvalue weighted by Gasteiger charge is -2.34. The molecular weight excluding hydrogens is 376 g/mol. The highest BCUT2D eigenvalue weighted by atomic mass is 16.5. The Morgan fingerprint density at radius 3 is 2.60 bits per heavy atom. The number of benzene rings is 2. The zero-order chi connectivity index (χ0) is 20.8. The fourth-order valence-electron chi connectivity index (χ4n) is 4.49. The minimum Gasteiger partial charge on any atom is -0.493 e. The third-order valence-corrected chi connectivity index (χ3v) is 6.17. The number of hydrogen-bond donors (Lipinski definition) is 1. The maximum Gasteiger partial charge on any atom is 0.226 e. The normalized spacial score (nSPS) is 20.9. The zero-order valence-corrected chi connectivity index (χ0v) is 17.4. The van der Waals surface area contributed by atoms with Crippen molar-refractivity contribution in [2.75, 3.05) is 19.7 Å². The summed E-state index contributed by atoms with van der Waals surface area (Å²) in [4.78, 5) is 27.3. The van der Waals surface area contributed by atoms with Crippen LogP contribution >= 0.6 is 0 Å². The van der Waals surface area contributed by atoms with E-state index in [9.17, 15) is 9.59 Å². The van der Waals surface area contributed by atoms with Crippen LogP contribution in [0.3, 0.4) is 0 Å². The van der Waals surface area contributed by atoms with Gasteiger partial charge in [-0.3, -0.25) is 9.59 Å². The van der Waals surface area contributed by atoms with Crippen molar-refractivity contribution in [2.45, 2.75) is 44.6 Å². The lowest BCUT2D eigenvalue weighted by atomic mass is 9.87. The first-order valence-electron chi connectivity index (χ1n) is 11.0. The number of carbonyl (C=O) groups is 2. The number of amides is 2. The predicted octanol–water partition coefficient (Wildman–Crippen LogP) is 3.37. The highest BCUT2D eigenvalue weighted by Crippen LogP contribution is 2.23.